The van der Waals surface area contributed by atoms with Gasteiger partial charge in [-0.25, -0.2) is 0 Å². The topological polar surface area (TPSA) is 78.9 Å². The molecule has 0 aromatic heterocycles. The molecular weight excluding hydrogens is 396 g/mol. The van der Waals surface area contributed by atoms with Crippen LogP contribution in [0.15, 0.2) is 48.0 Å². The number of carbonyl (C=O) groups is 3. The van der Waals surface area contributed by atoms with Crippen LogP contribution < -0.4 is 14.2 Å². The van der Waals surface area contributed by atoms with Crippen LogP contribution in [0.25, 0.3) is 0 Å². The molecule has 2 rings (SSSR count). The highest BCUT2D eigenvalue weighted by Crippen LogP contribution is 2.35. The smallest absolute Gasteiger partial charge is 0.308 e. The van der Waals surface area contributed by atoms with Crippen molar-refractivity contribution in [1.82, 2.24) is 0 Å². The van der Waals surface area contributed by atoms with E-state index in [2.05, 4.69) is 0 Å². The Hall–Kier alpha value is -3.41. The Balaban J connectivity index is 2.39. The summed E-state index contributed by atoms with van der Waals surface area (Å²) < 4.78 is 15.9. The Bertz CT molecular complexity index is 982. The Labute approximate surface area is 182 Å². The zero-order valence-electron chi connectivity index (χ0n) is 18.6. The molecule has 164 valence electrons. The summed E-state index contributed by atoms with van der Waals surface area (Å²) >= 11 is 0. The predicted octanol–water partition coefficient (Wildman–Crippen LogP) is 4.87. The molecule has 0 bridgehead atoms. The van der Waals surface area contributed by atoms with Gasteiger partial charge in [0.05, 0.1) is 12.7 Å². The number of ether oxygens (including phenoxy) is 3. The van der Waals surface area contributed by atoms with E-state index >= 15 is 0 Å². The predicted molar refractivity (Wildman–Crippen MR) is 118 cm³/mol. The van der Waals surface area contributed by atoms with Crippen molar-refractivity contribution < 1.29 is 28.6 Å². The Morgan fingerprint density at radius 2 is 1.52 bits per heavy atom. The van der Waals surface area contributed by atoms with Gasteiger partial charge >= 0.3 is 11.9 Å². The van der Waals surface area contributed by atoms with Crippen molar-refractivity contribution in [3.63, 3.8) is 0 Å². The van der Waals surface area contributed by atoms with Crippen LogP contribution in [-0.2, 0) is 22.4 Å². The highest BCUT2D eigenvalue weighted by atomic mass is 16.5. The molecule has 0 saturated heterocycles. The summed E-state index contributed by atoms with van der Waals surface area (Å²) in [5.74, 6) is -0.0537. The van der Waals surface area contributed by atoms with Crippen LogP contribution in [0.4, 0.5) is 0 Å². The highest BCUT2D eigenvalue weighted by molar-refractivity contribution is 6.00. The molecule has 0 unspecified atom stereocenters. The van der Waals surface area contributed by atoms with Crippen LogP contribution in [0.5, 0.6) is 17.2 Å². The van der Waals surface area contributed by atoms with Gasteiger partial charge in [-0.05, 0) is 56.5 Å². The first-order chi connectivity index (χ1) is 14.7. The number of rotatable bonds is 9. The lowest BCUT2D eigenvalue weighted by Gasteiger charge is -2.16. The van der Waals surface area contributed by atoms with Crippen molar-refractivity contribution in [2.45, 2.75) is 47.0 Å². The van der Waals surface area contributed by atoms with Gasteiger partial charge < -0.3 is 14.2 Å². The number of ketones is 1. The van der Waals surface area contributed by atoms with Gasteiger partial charge in [0.15, 0.2) is 5.78 Å². The van der Waals surface area contributed by atoms with Crippen molar-refractivity contribution in [3.05, 3.63) is 64.7 Å². The Morgan fingerprint density at radius 3 is 2.06 bits per heavy atom. The number of carbonyl (C=O) groups excluding carboxylic acids is 3. The van der Waals surface area contributed by atoms with Crippen LogP contribution in [-0.4, -0.2) is 24.8 Å². The van der Waals surface area contributed by atoms with E-state index in [0.29, 0.717) is 18.4 Å². The van der Waals surface area contributed by atoms with Crippen LogP contribution >= 0.6 is 0 Å². The molecule has 0 spiro atoms. The Morgan fingerprint density at radius 1 is 0.871 bits per heavy atom. The summed E-state index contributed by atoms with van der Waals surface area (Å²) in [5.41, 5.74) is 2.81. The van der Waals surface area contributed by atoms with E-state index in [1.165, 1.54) is 13.8 Å². The normalized spacial score (nSPS) is 10.2. The van der Waals surface area contributed by atoms with E-state index in [1.807, 2.05) is 44.2 Å². The third kappa shape index (κ3) is 7.10. The summed E-state index contributed by atoms with van der Waals surface area (Å²) in [6.07, 6.45) is 3.03. The average molecular weight is 424 g/mol. The van der Waals surface area contributed by atoms with Gasteiger partial charge in [0.2, 0.25) is 0 Å². The first-order valence-corrected chi connectivity index (χ1v) is 10.0. The zero-order chi connectivity index (χ0) is 23.0. The fraction of sp³-hybridized carbons (Fsp3) is 0.320. The minimum atomic E-state index is -0.553. The number of hydrogen-bond donors (Lipinski definition) is 0. The Kier molecular flexibility index (Phi) is 8.55. The minimum Gasteiger partial charge on any atom is -0.497 e. The lowest BCUT2D eigenvalue weighted by molar-refractivity contribution is -0.132. The number of hydrogen-bond acceptors (Lipinski definition) is 6. The summed E-state index contributed by atoms with van der Waals surface area (Å²) in [5, 5.41) is 0. The van der Waals surface area contributed by atoms with E-state index in [1.54, 1.807) is 19.2 Å². The number of aryl methyl sites for hydroxylation is 1. The summed E-state index contributed by atoms with van der Waals surface area (Å²) in [4.78, 5) is 36.4. The second-order valence-electron chi connectivity index (χ2n) is 7.36. The quantitative estimate of drug-likeness (QED) is 0.247. The molecule has 0 aliphatic heterocycles. The van der Waals surface area contributed by atoms with Crippen LogP contribution in [0.1, 0.15) is 55.6 Å². The van der Waals surface area contributed by atoms with Gasteiger partial charge in [-0.3, -0.25) is 14.4 Å². The molecule has 0 saturated carbocycles. The van der Waals surface area contributed by atoms with Crippen molar-refractivity contribution in [2.75, 3.05) is 7.11 Å². The maximum absolute atomic E-state index is 13.0. The molecule has 6 nitrogen and oxygen atoms in total. The van der Waals surface area contributed by atoms with Crippen molar-refractivity contribution in [3.8, 4) is 17.2 Å². The molecule has 0 atom stereocenters. The SMILES string of the molecule is COc1ccc(CCC(=O)c2ccc(OC(C)=O)c(CC=C(C)C)c2OC(C)=O)cc1. The van der Waals surface area contributed by atoms with Gasteiger partial charge in [-0.2, -0.15) is 0 Å². The molecule has 0 N–H and O–H groups in total. The van der Waals surface area contributed by atoms with Gasteiger partial charge in [-0.1, -0.05) is 23.8 Å². The maximum atomic E-state index is 13.0. The minimum absolute atomic E-state index is 0.142. The van der Waals surface area contributed by atoms with Gasteiger partial charge in [-0.15, -0.1) is 0 Å². The molecule has 31 heavy (non-hydrogen) atoms. The molecule has 0 heterocycles. The largest absolute Gasteiger partial charge is 0.497 e. The zero-order valence-corrected chi connectivity index (χ0v) is 18.6. The summed E-state index contributed by atoms with van der Waals surface area (Å²) in [6, 6.07) is 10.6. The second kappa shape index (κ2) is 11.1. The lowest BCUT2D eigenvalue weighted by Crippen LogP contribution is -2.13. The van der Waals surface area contributed by atoms with Gasteiger partial charge in [0.1, 0.15) is 17.2 Å². The van der Waals surface area contributed by atoms with Crippen LogP contribution in [0.2, 0.25) is 0 Å². The maximum Gasteiger partial charge on any atom is 0.308 e. The van der Waals surface area contributed by atoms with Crippen LogP contribution in [0.3, 0.4) is 0 Å². The number of methoxy groups -OCH3 is 1. The van der Waals surface area contributed by atoms with Crippen molar-refractivity contribution >= 4 is 17.7 Å². The molecular formula is C25H28O6. The number of allylic oxidation sites excluding steroid dienone is 2. The standard InChI is InChI=1S/C25H28O6/c1-16(2)6-12-22-24(30-17(3)26)15-13-21(25(22)31-18(4)27)23(28)14-9-19-7-10-20(29-5)11-8-19/h6-8,10-11,13,15H,9,12,14H2,1-5H3. The van der Waals surface area contributed by atoms with E-state index in [0.717, 1.165) is 16.9 Å². The lowest BCUT2D eigenvalue weighted by atomic mass is 9.97. The molecule has 2 aromatic carbocycles. The van der Waals surface area contributed by atoms with Gasteiger partial charge in [0.25, 0.3) is 0 Å². The van der Waals surface area contributed by atoms with E-state index in [-0.39, 0.29) is 29.3 Å². The van der Waals surface area contributed by atoms with Crippen LogP contribution in [0, 0.1) is 0 Å². The average Bonchev–Trinajstić information content (AvgIpc) is 2.71. The summed E-state index contributed by atoms with van der Waals surface area (Å²) in [7, 11) is 1.60. The fourth-order valence-electron chi connectivity index (χ4n) is 3.02. The van der Waals surface area contributed by atoms with E-state index in [4.69, 9.17) is 14.2 Å². The highest BCUT2D eigenvalue weighted by Gasteiger charge is 2.22. The molecule has 2 aromatic rings. The first-order valence-electron chi connectivity index (χ1n) is 10.0. The second-order valence-corrected chi connectivity index (χ2v) is 7.36. The molecule has 0 aliphatic rings. The van der Waals surface area contributed by atoms with E-state index in [9.17, 15) is 14.4 Å². The first kappa shape index (κ1) is 23.9. The fourth-order valence-corrected chi connectivity index (χ4v) is 3.02. The molecule has 0 amide bonds. The summed E-state index contributed by atoms with van der Waals surface area (Å²) in [6.45, 7) is 6.43. The third-order valence-corrected chi connectivity index (χ3v) is 4.53. The number of benzene rings is 2. The molecule has 0 radical (unpaired) electrons. The van der Waals surface area contributed by atoms with E-state index < -0.39 is 11.9 Å². The molecule has 6 heteroatoms. The molecule has 0 fully saturated rings. The van der Waals surface area contributed by atoms with Crippen molar-refractivity contribution in [2.24, 2.45) is 0 Å². The monoisotopic (exact) mass is 424 g/mol. The van der Waals surface area contributed by atoms with Gasteiger partial charge in [0, 0.05) is 25.8 Å². The molecule has 0 aliphatic carbocycles. The number of Topliss-reactive ketones (excluding diaryl/α,β-unsaturated/α-hetero) is 1. The van der Waals surface area contributed by atoms with Crippen molar-refractivity contribution in [1.29, 1.82) is 0 Å². The number of esters is 2. The third-order valence-electron chi connectivity index (χ3n) is 4.53.